The van der Waals surface area contributed by atoms with Crippen molar-refractivity contribution >= 4 is 35.0 Å². The van der Waals surface area contributed by atoms with Crippen molar-refractivity contribution in [3.8, 4) is 0 Å². The zero-order chi connectivity index (χ0) is 16.3. The SMILES string of the molecule is CC(C)n1cnnc1S[C@@H](C)C(=O)Nc1ccc(F)c(Cl)c1. The topological polar surface area (TPSA) is 59.8 Å². The van der Waals surface area contributed by atoms with Gasteiger partial charge in [-0.2, -0.15) is 0 Å². The van der Waals surface area contributed by atoms with Gasteiger partial charge < -0.3 is 9.88 Å². The quantitative estimate of drug-likeness (QED) is 0.840. The third-order valence-electron chi connectivity index (χ3n) is 2.94. The third-order valence-corrected chi connectivity index (χ3v) is 4.30. The first-order valence-corrected chi connectivity index (χ1v) is 7.96. The number of aromatic nitrogens is 3. The average Bonchev–Trinajstić information content (AvgIpc) is 2.91. The van der Waals surface area contributed by atoms with Crippen molar-refractivity contribution in [2.45, 2.75) is 37.2 Å². The van der Waals surface area contributed by atoms with E-state index in [1.807, 2.05) is 18.4 Å². The maximum absolute atomic E-state index is 13.1. The summed E-state index contributed by atoms with van der Waals surface area (Å²) in [5.74, 6) is -0.738. The lowest BCUT2D eigenvalue weighted by Gasteiger charge is -2.14. The van der Waals surface area contributed by atoms with Gasteiger partial charge in [-0.1, -0.05) is 23.4 Å². The molecule has 2 rings (SSSR count). The lowest BCUT2D eigenvalue weighted by molar-refractivity contribution is -0.115. The molecule has 118 valence electrons. The van der Waals surface area contributed by atoms with E-state index in [0.29, 0.717) is 10.8 Å². The minimum Gasteiger partial charge on any atom is -0.325 e. The summed E-state index contributed by atoms with van der Waals surface area (Å²) in [5.41, 5.74) is 0.453. The van der Waals surface area contributed by atoms with Gasteiger partial charge in [0.25, 0.3) is 0 Å². The number of carbonyl (C=O) groups is 1. The van der Waals surface area contributed by atoms with Gasteiger partial charge in [0.2, 0.25) is 5.91 Å². The number of nitrogens with one attached hydrogen (secondary N) is 1. The number of anilines is 1. The molecule has 1 N–H and O–H groups in total. The van der Waals surface area contributed by atoms with Crippen LogP contribution in [0.25, 0.3) is 0 Å². The fourth-order valence-electron chi connectivity index (χ4n) is 1.70. The molecule has 1 amide bonds. The van der Waals surface area contributed by atoms with Gasteiger partial charge in [0, 0.05) is 11.7 Å². The van der Waals surface area contributed by atoms with Crippen LogP contribution in [0.4, 0.5) is 10.1 Å². The zero-order valence-electron chi connectivity index (χ0n) is 12.4. The van der Waals surface area contributed by atoms with Gasteiger partial charge in [-0.05, 0) is 39.0 Å². The second kappa shape index (κ2) is 7.11. The molecule has 5 nitrogen and oxygen atoms in total. The van der Waals surface area contributed by atoms with Crippen LogP contribution >= 0.6 is 23.4 Å². The summed E-state index contributed by atoms with van der Waals surface area (Å²) in [7, 11) is 0. The van der Waals surface area contributed by atoms with Crippen LogP contribution in [-0.4, -0.2) is 25.9 Å². The molecular formula is C14H16ClFN4OS. The lowest BCUT2D eigenvalue weighted by Crippen LogP contribution is -2.23. The number of carbonyl (C=O) groups excluding carboxylic acids is 1. The predicted molar refractivity (Wildman–Crippen MR) is 85.8 cm³/mol. The fraction of sp³-hybridized carbons (Fsp3) is 0.357. The highest BCUT2D eigenvalue weighted by Crippen LogP contribution is 2.25. The Balaban J connectivity index is 2.02. The molecule has 1 aromatic carbocycles. The smallest absolute Gasteiger partial charge is 0.237 e. The van der Waals surface area contributed by atoms with Gasteiger partial charge in [-0.25, -0.2) is 4.39 Å². The Bertz CT molecular complexity index is 677. The van der Waals surface area contributed by atoms with Crippen LogP contribution in [0.3, 0.4) is 0 Å². The summed E-state index contributed by atoms with van der Waals surface area (Å²) >= 11 is 7.00. The van der Waals surface area contributed by atoms with Gasteiger partial charge in [0.15, 0.2) is 5.16 Å². The Morgan fingerprint density at radius 3 is 2.77 bits per heavy atom. The average molecular weight is 343 g/mol. The van der Waals surface area contributed by atoms with Gasteiger partial charge in [-0.15, -0.1) is 10.2 Å². The summed E-state index contributed by atoms with van der Waals surface area (Å²) in [4.78, 5) is 12.2. The van der Waals surface area contributed by atoms with Crippen LogP contribution in [0.1, 0.15) is 26.8 Å². The van der Waals surface area contributed by atoms with Crippen molar-refractivity contribution in [1.29, 1.82) is 0 Å². The van der Waals surface area contributed by atoms with Gasteiger partial charge in [-0.3, -0.25) is 4.79 Å². The first-order chi connectivity index (χ1) is 10.4. The van der Waals surface area contributed by atoms with Gasteiger partial charge in [0.05, 0.1) is 10.3 Å². The summed E-state index contributed by atoms with van der Waals surface area (Å²) in [6.07, 6.45) is 1.64. The lowest BCUT2D eigenvalue weighted by atomic mass is 10.3. The molecule has 0 aliphatic heterocycles. The molecule has 0 fully saturated rings. The number of halogens is 2. The summed E-state index contributed by atoms with van der Waals surface area (Å²) < 4.78 is 15.0. The van der Waals surface area contributed by atoms with E-state index in [2.05, 4.69) is 15.5 Å². The minimum atomic E-state index is -0.521. The Kier molecular flexibility index (Phi) is 5.42. The molecule has 0 radical (unpaired) electrons. The van der Waals surface area contributed by atoms with Crippen molar-refractivity contribution in [3.05, 3.63) is 35.4 Å². The van der Waals surface area contributed by atoms with E-state index in [1.165, 1.54) is 30.0 Å². The molecule has 0 aliphatic rings. The molecule has 8 heteroatoms. The van der Waals surface area contributed by atoms with Crippen molar-refractivity contribution in [2.24, 2.45) is 0 Å². The molecule has 0 bridgehead atoms. The fourth-order valence-corrected chi connectivity index (χ4v) is 2.84. The summed E-state index contributed by atoms with van der Waals surface area (Å²) in [6.45, 7) is 5.79. The molecule has 1 heterocycles. The Hall–Kier alpha value is -1.60. The third kappa shape index (κ3) is 3.98. The highest BCUT2D eigenvalue weighted by atomic mass is 35.5. The van der Waals surface area contributed by atoms with Crippen molar-refractivity contribution in [2.75, 3.05) is 5.32 Å². The molecule has 22 heavy (non-hydrogen) atoms. The molecule has 0 aliphatic carbocycles. The van der Waals surface area contributed by atoms with Crippen LogP contribution in [0, 0.1) is 5.82 Å². The molecule has 2 aromatic rings. The second-order valence-electron chi connectivity index (χ2n) is 4.99. The number of amides is 1. The van der Waals surface area contributed by atoms with E-state index >= 15 is 0 Å². The first-order valence-electron chi connectivity index (χ1n) is 6.70. The highest BCUT2D eigenvalue weighted by Gasteiger charge is 2.19. The van der Waals surface area contributed by atoms with Crippen LogP contribution in [0.5, 0.6) is 0 Å². The molecule has 1 atom stereocenters. The normalized spacial score (nSPS) is 12.5. The molecule has 0 saturated carbocycles. The van der Waals surface area contributed by atoms with Crippen LogP contribution < -0.4 is 5.32 Å². The predicted octanol–water partition coefficient (Wildman–Crippen LogP) is 3.77. The maximum atomic E-state index is 13.1. The number of hydrogen-bond acceptors (Lipinski definition) is 4. The molecule has 0 unspecified atom stereocenters. The molecule has 0 spiro atoms. The van der Waals surface area contributed by atoms with Gasteiger partial charge >= 0.3 is 0 Å². The molecule has 1 aromatic heterocycles. The molecular weight excluding hydrogens is 327 g/mol. The highest BCUT2D eigenvalue weighted by molar-refractivity contribution is 8.00. The number of benzene rings is 1. The van der Waals surface area contributed by atoms with E-state index in [4.69, 9.17) is 11.6 Å². The summed E-state index contributed by atoms with van der Waals surface area (Å²) in [6, 6.07) is 4.27. The minimum absolute atomic E-state index is 0.0299. The van der Waals surface area contributed by atoms with Crippen molar-refractivity contribution < 1.29 is 9.18 Å². The first kappa shape index (κ1) is 16.8. The van der Waals surface area contributed by atoms with Gasteiger partial charge in [0.1, 0.15) is 12.1 Å². The summed E-state index contributed by atoms with van der Waals surface area (Å²) in [5, 5.41) is 10.8. The largest absolute Gasteiger partial charge is 0.325 e. The Labute approximate surface area is 137 Å². The molecule has 0 saturated heterocycles. The van der Waals surface area contributed by atoms with E-state index < -0.39 is 5.82 Å². The number of rotatable bonds is 5. The van der Waals surface area contributed by atoms with Crippen molar-refractivity contribution in [3.63, 3.8) is 0 Å². The second-order valence-corrected chi connectivity index (χ2v) is 6.71. The Morgan fingerprint density at radius 2 is 2.14 bits per heavy atom. The van der Waals surface area contributed by atoms with Crippen molar-refractivity contribution in [1.82, 2.24) is 14.8 Å². The van der Waals surface area contributed by atoms with E-state index in [0.717, 1.165) is 0 Å². The maximum Gasteiger partial charge on any atom is 0.237 e. The number of nitrogens with zero attached hydrogens (tertiary/aromatic N) is 3. The number of thioether (sulfide) groups is 1. The monoisotopic (exact) mass is 342 g/mol. The van der Waals surface area contributed by atoms with Crippen LogP contribution in [0.15, 0.2) is 29.7 Å². The standard InChI is InChI=1S/C14H16ClFN4OS/c1-8(2)20-7-17-19-14(20)22-9(3)13(21)18-10-4-5-12(16)11(15)6-10/h4-9H,1-3H3,(H,18,21)/t9-/m0/s1. The number of hydrogen-bond donors (Lipinski definition) is 1. The van der Waals surface area contributed by atoms with E-state index in [9.17, 15) is 9.18 Å². The van der Waals surface area contributed by atoms with E-state index in [-0.39, 0.29) is 22.2 Å². The van der Waals surface area contributed by atoms with E-state index in [1.54, 1.807) is 13.3 Å². The zero-order valence-corrected chi connectivity index (χ0v) is 14.0. The van der Waals surface area contributed by atoms with Crippen LogP contribution in [0.2, 0.25) is 5.02 Å². The Morgan fingerprint density at radius 1 is 1.41 bits per heavy atom. The van der Waals surface area contributed by atoms with Crippen LogP contribution in [-0.2, 0) is 4.79 Å².